The standard InChI is InChI=1S/C14H13N5O3/c1-21-9-4-3-7(5-10(9)22-2)8-6-16-12-11(17-8)13(20)19-14(15)18-12/h3-6H,1-2H3,(H3,15,16,18,19,20). The molecule has 3 aromatic rings. The predicted molar refractivity (Wildman–Crippen MR) is 80.9 cm³/mol. The fourth-order valence-electron chi connectivity index (χ4n) is 2.07. The van der Waals surface area contributed by atoms with Crippen molar-refractivity contribution in [2.45, 2.75) is 0 Å². The molecule has 8 heteroatoms. The molecule has 0 fully saturated rings. The minimum absolute atomic E-state index is 0.00525. The van der Waals surface area contributed by atoms with E-state index in [-0.39, 0.29) is 17.1 Å². The van der Waals surface area contributed by atoms with Gasteiger partial charge in [-0.15, -0.1) is 0 Å². The van der Waals surface area contributed by atoms with Crippen LogP contribution in [0.3, 0.4) is 0 Å². The Labute approximate surface area is 125 Å². The Kier molecular flexibility index (Phi) is 3.34. The number of nitrogens with one attached hydrogen (secondary N) is 1. The Morgan fingerprint density at radius 1 is 1.14 bits per heavy atom. The Morgan fingerprint density at radius 3 is 2.64 bits per heavy atom. The average molecular weight is 299 g/mol. The van der Waals surface area contributed by atoms with Gasteiger partial charge in [-0.05, 0) is 18.2 Å². The van der Waals surface area contributed by atoms with E-state index in [2.05, 4.69) is 19.9 Å². The van der Waals surface area contributed by atoms with E-state index in [1.165, 1.54) is 6.20 Å². The Balaban J connectivity index is 2.16. The number of hydrogen-bond donors (Lipinski definition) is 2. The first-order valence-corrected chi connectivity index (χ1v) is 6.37. The highest BCUT2D eigenvalue weighted by atomic mass is 16.5. The summed E-state index contributed by atoms with van der Waals surface area (Å²) in [5.41, 5.74) is 6.63. The molecule has 8 nitrogen and oxygen atoms in total. The van der Waals surface area contributed by atoms with Gasteiger partial charge in [-0.1, -0.05) is 0 Å². The number of nitrogen functional groups attached to an aromatic ring is 1. The van der Waals surface area contributed by atoms with Gasteiger partial charge in [-0.2, -0.15) is 4.98 Å². The molecule has 0 aliphatic carbocycles. The molecule has 0 atom stereocenters. The van der Waals surface area contributed by atoms with Crippen molar-refractivity contribution < 1.29 is 9.47 Å². The Hall–Kier alpha value is -3.16. The fourth-order valence-corrected chi connectivity index (χ4v) is 2.07. The predicted octanol–water partition coefficient (Wildman–Crippen LogP) is 0.979. The molecule has 0 unspecified atom stereocenters. The van der Waals surface area contributed by atoms with E-state index in [0.29, 0.717) is 17.2 Å². The maximum atomic E-state index is 11.9. The molecule has 0 radical (unpaired) electrons. The summed E-state index contributed by atoms with van der Waals surface area (Å²) in [5, 5.41) is 0. The fraction of sp³-hybridized carbons (Fsp3) is 0.143. The number of benzene rings is 1. The van der Waals surface area contributed by atoms with Crippen molar-refractivity contribution in [1.29, 1.82) is 0 Å². The highest BCUT2D eigenvalue weighted by Crippen LogP contribution is 2.31. The summed E-state index contributed by atoms with van der Waals surface area (Å²) in [6.07, 6.45) is 1.52. The number of nitrogens with two attached hydrogens (primary N) is 1. The highest BCUT2D eigenvalue weighted by molar-refractivity contribution is 5.74. The number of anilines is 1. The third kappa shape index (κ3) is 2.30. The number of aromatic nitrogens is 4. The van der Waals surface area contributed by atoms with Gasteiger partial charge in [0, 0.05) is 5.56 Å². The zero-order chi connectivity index (χ0) is 15.7. The number of hydrogen-bond acceptors (Lipinski definition) is 7. The lowest BCUT2D eigenvalue weighted by Gasteiger charge is -2.09. The summed E-state index contributed by atoms with van der Waals surface area (Å²) >= 11 is 0. The maximum Gasteiger partial charge on any atom is 0.280 e. The van der Waals surface area contributed by atoms with Crippen molar-refractivity contribution in [3.63, 3.8) is 0 Å². The Bertz CT molecular complexity index is 907. The molecule has 0 saturated carbocycles. The molecule has 0 saturated heterocycles. The summed E-state index contributed by atoms with van der Waals surface area (Å²) in [6, 6.07) is 5.31. The van der Waals surface area contributed by atoms with E-state index in [9.17, 15) is 4.79 Å². The van der Waals surface area contributed by atoms with E-state index in [0.717, 1.165) is 5.56 Å². The van der Waals surface area contributed by atoms with Crippen molar-refractivity contribution in [3.8, 4) is 22.8 Å². The molecule has 112 valence electrons. The summed E-state index contributed by atoms with van der Waals surface area (Å²) < 4.78 is 10.4. The molecule has 22 heavy (non-hydrogen) atoms. The topological polar surface area (TPSA) is 116 Å². The molecule has 2 aromatic heterocycles. The van der Waals surface area contributed by atoms with Crippen LogP contribution in [0.2, 0.25) is 0 Å². The quantitative estimate of drug-likeness (QED) is 0.740. The number of ether oxygens (including phenoxy) is 2. The first-order valence-electron chi connectivity index (χ1n) is 6.37. The van der Waals surface area contributed by atoms with Gasteiger partial charge in [-0.3, -0.25) is 9.78 Å². The highest BCUT2D eigenvalue weighted by Gasteiger charge is 2.10. The number of H-pyrrole nitrogens is 1. The molecule has 0 amide bonds. The third-order valence-electron chi connectivity index (χ3n) is 3.12. The third-order valence-corrected chi connectivity index (χ3v) is 3.12. The number of nitrogens with zero attached hydrogens (tertiary/aromatic N) is 3. The van der Waals surface area contributed by atoms with Crippen LogP contribution < -0.4 is 20.8 Å². The molecule has 0 bridgehead atoms. The lowest BCUT2D eigenvalue weighted by molar-refractivity contribution is 0.355. The van der Waals surface area contributed by atoms with Crippen LogP contribution >= 0.6 is 0 Å². The summed E-state index contributed by atoms with van der Waals surface area (Å²) in [5.74, 6) is 1.17. The van der Waals surface area contributed by atoms with Crippen LogP contribution in [0.25, 0.3) is 22.4 Å². The van der Waals surface area contributed by atoms with E-state index in [4.69, 9.17) is 15.2 Å². The van der Waals surface area contributed by atoms with Crippen molar-refractivity contribution in [3.05, 3.63) is 34.7 Å². The molecular weight excluding hydrogens is 286 g/mol. The molecule has 3 N–H and O–H groups in total. The smallest absolute Gasteiger partial charge is 0.280 e. The number of methoxy groups -OCH3 is 2. The van der Waals surface area contributed by atoms with Gasteiger partial charge < -0.3 is 15.2 Å². The van der Waals surface area contributed by atoms with Crippen LogP contribution in [-0.4, -0.2) is 34.2 Å². The lowest BCUT2D eigenvalue weighted by atomic mass is 10.1. The van der Waals surface area contributed by atoms with Gasteiger partial charge in [0.05, 0.1) is 26.1 Å². The van der Waals surface area contributed by atoms with Crippen molar-refractivity contribution >= 4 is 17.1 Å². The van der Waals surface area contributed by atoms with Gasteiger partial charge in [0.15, 0.2) is 22.7 Å². The second kappa shape index (κ2) is 5.32. The zero-order valence-electron chi connectivity index (χ0n) is 12.0. The molecular formula is C14H13N5O3. The first kappa shape index (κ1) is 13.8. The molecule has 3 rings (SSSR count). The van der Waals surface area contributed by atoms with E-state index in [1.807, 2.05) is 0 Å². The van der Waals surface area contributed by atoms with Crippen LogP contribution in [0.15, 0.2) is 29.2 Å². The minimum atomic E-state index is -0.433. The van der Waals surface area contributed by atoms with Crippen molar-refractivity contribution in [1.82, 2.24) is 19.9 Å². The van der Waals surface area contributed by atoms with Gasteiger partial charge in [0.2, 0.25) is 5.95 Å². The number of rotatable bonds is 3. The number of aromatic amines is 1. The van der Waals surface area contributed by atoms with Crippen LogP contribution in [0, 0.1) is 0 Å². The van der Waals surface area contributed by atoms with Crippen LogP contribution in [-0.2, 0) is 0 Å². The molecule has 0 aliphatic rings. The van der Waals surface area contributed by atoms with Gasteiger partial charge >= 0.3 is 0 Å². The summed E-state index contributed by atoms with van der Waals surface area (Å²) in [7, 11) is 3.11. The molecule has 0 spiro atoms. The second-order valence-corrected chi connectivity index (χ2v) is 4.45. The van der Waals surface area contributed by atoms with Crippen LogP contribution in [0.4, 0.5) is 5.95 Å². The molecule has 2 heterocycles. The van der Waals surface area contributed by atoms with E-state index < -0.39 is 5.56 Å². The van der Waals surface area contributed by atoms with Crippen molar-refractivity contribution in [2.24, 2.45) is 0 Å². The molecule has 1 aromatic carbocycles. The van der Waals surface area contributed by atoms with E-state index >= 15 is 0 Å². The zero-order valence-corrected chi connectivity index (χ0v) is 12.0. The second-order valence-electron chi connectivity index (χ2n) is 4.45. The molecule has 0 aliphatic heterocycles. The minimum Gasteiger partial charge on any atom is -0.493 e. The van der Waals surface area contributed by atoms with Crippen LogP contribution in [0.5, 0.6) is 11.5 Å². The van der Waals surface area contributed by atoms with Gasteiger partial charge in [0.25, 0.3) is 5.56 Å². The summed E-state index contributed by atoms with van der Waals surface area (Å²) in [4.78, 5) is 26.6. The SMILES string of the molecule is COc1ccc(-c2cnc3nc(N)[nH]c(=O)c3n2)cc1OC. The van der Waals surface area contributed by atoms with Crippen LogP contribution in [0.1, 0.15) is 0 Å². The van der Waals surface area contributed by atoms with Gasteiger partial charge in [-0.25, -0.2) is 9.97 Å². The first-order chi connectivity index (χ1) is 10.6. The maximum absolute atomic E-state index is 11.9. The lowest BCUT2D eigenvalue weighted by Crippen LogP contribution is -2.13. The largest absolute Gasteiger partial charge is 0.493 e. The average Bonchev–Trinajstić information content (AvgIpc) is 2.53. The van der Waals surface area contributed by atoms with E-state index in [1.54, 1.807) is 32.4 Å². The number of fused-ring (bicyclic) bond motifs is 1. The summed E-state index contributed by atoms with van der Waals surface area (Å²) in [6.45, 7) is 0. The van der Waals surface area contributed by atoms with Crippen molar-refractivity contribution in [2.75, 3.05) is 20.0 Å². The Morgan fingerprint density at radius 2 is 1.91 bits per heavy atom. The van der Waals surface area contributed by atoms with Gasteiger partial charge in [0.1, 0.15) is 0 Å². The monoisotopic (exact) mass is 299 g/mol. The normalized spacial score (nSPS) is 10.6.